The summed E-state index contributed by atoms with van der Waals surface area (Å²) in [7, 11) is 0. The summed E-state index contributed by atoms with van der Waals surface area (Å²) >= 11 is 0. The van der Waals surface area contributed by atoms with Gasteiger partial charge in [-0.05, 0) is 87.3 Å². The number of hydrogen-bond donors (Lipinski definition) is 11. The van der Waals surface area contributed by atoms with Crippen molar-refractivity contribution in [2.24, 2.45) is 11.8 Å². The van der Waals surface area contributed by atoms with Gasteiger partial charge in [0.15, 0.2) is 0 Å². The van der Waals surface area contributed by atoms with Gasteiger partial charge in [0.25, 0.3) is 0 Å². The van der Waals surface area contributed by atoms with Gasteiger partial charge in [-0.2, -0.15) is 0 Å². The monoisotopic (exact) mass is 1270 g/mol. The molecule has 27 heteroatoms. The van der Waals surface area contributed by atoms with Crippen molar-refractivity contribution in [3.05, 3.63) is 29.3 Å². The summed E-state index contributed by atoms with van der Waals surface area (Å²) in [5.74, 6) is -7.89. The van der Waals surface area contributed by atoms with Gasteiger partial charge >= 0.3 is 41.8 Å². The van der Waals surface area contributed by atoms with Crippen molar-refractivity contribution in [3.63, 3.8) is 0 Å². The second-order valence-electron chi connectivity index (χ2n) is 19.1. The number of carbonyl (C=O) groups is 10. The SMILES string of the molecule is O=C(O)CC[C@H](NC(=O)N[C@@H](CCCCNC(=O)[C@@H](Cc1ccc2c(c1)CCCO2)NC(=O)C1CCC(CNC(=O)CN2CCN(CC(=O)O)CCN(CC(=O)O)CCN(CC(=O)O)CC2)CC1)C(=O)O)C(=O)O.[227Th]. The number of benzene rings is 1. The minimum Gasteiger partial charge on any atom is -0.493 e. The van der Waals surface area contributed by atoms with Crippen molar-refractivity contribution in [2.45, 2.75) is 95.2 Å². The summed E-state index contributed by atoms with van der Waals surface area (Å²) in [5, 5.41) is 69.4. The third kappa shape index (κ3) is 24.9. The molecular weight excluding hydrogens is 1200 g/mol. The van der Waals surface area contributed by atoms with Crippen LogP contribution in [0.4, 0.5) is 4.79 Å². The minimum atomic E-state index is -1.55. The summed E-state index contributed by atoms with van der Waals surface area (Å²) in [6.07, 6.45) is 3.55. The number of nitrogens with one attached hydrogen (secondary N) is 5. The molecule has 5 amide bonds. The van der Waals surface area contributed by atoms with Crippen LogP contribution in [0, 0.1) is 51.8 Å². The van der Waals surface area contributed by atoms with Gasteiger partial charge in [0, 0.05) is 124 Å². The van der Waals surface area contributed by atoms with E-state index < -0.39 is 84.6 Å². The van der Waals surface area contributed by atoms with Gasteiger partial charge in [-0.15, -0.1) is 0 Å². The quantitative estimate of drug-likeness (QED) is 0.0461. The summed E-state index contributed by atoms with van der Waals surface area (Å²) < 4.78 is 5.75. The maximum absolute atomic E-state index is 13.8. The van der Waals surface area contributed by atoms with E-state index in [-0.39, 0.29) is 155 Å². The average molecular weight is 1280 g/mol. The number of unbranched alkanes of at least 4 members (excludes halogenated alkanes) is 1. The summed E-state index contributed by atoms with van der Waals surface area (Å²) in [6, 6.07) is 0.627. The molecular formula is C48H73N9O17Th. The molecule has 0 unspecified atom stereocenters. The van der Waals surface area contributed by atoms with Crippen molar-refractivity contribution in [2.75, 3.05) is 98.2 Å². The molecule has 1 saturated carbocycles. The van der Waals surface area contributed by atoms with Crippen LogP contribution in [0.25, 0.3) is 0 Å². The van der Waals surface area contributed by atoms with Crippen LogP contribution in [0.5, 0.6) is 5.75 Å². The number of carboxylic acid groups (broad SMARTS) is 6. The zero-order chi connectivity index (χ0) is 54.2. The second-order valence-corrected chi connectivity index (χ2v) is 19.1. The van der Waals surface area contributed by atoms with E-state index in [1.807, 2.05) is 23.1 Å². The predicted octanol–water partition coefficient (Wildman–Crippen LogP) is -1.21. The first kappa shape index (κ1) is 64.0. The van der Waals surface area contributed by atoms with E-state index in [0.29, 0.717) is 51.9 Å². The largest absolute Gasteiger partial charge is 0.493 e. The number of rotatable bonds is 27. The number of amides is 5. The zero-order valence-electron chi connectivity index (χ0n) is 42.2. The van der Waals surface area contributed by atoms with Crippen LogP contribution in [0.2, 0.25) is 0 Å². The molecule has 2 aliphatic heterocycles. The van der Waals surface area contributed by atoms with E-state index in [4.69, 9.17) is 9.84 Å². The maximum Gasteiger partial charge on any atom is 0.326 e. The molecule has 0 spiro atoms. The molecule has 2 heterocycles. The number of aryl methyl sites for hydroxylation is 1. The number of carboxylic acids is 6. The number of fused-ring (bicyclic) bond motifs is 1. The van der Waals surface area contributed by atoms with Crippen LogP contribution in [-0.2, 0) is 56.0 Å². The Morgan fingerprint density at radius 3 is 1.63 bits per heavy atom. The van der Waals surface area contributed by atoms with Crippen molar-refractivity contribution >= 4 is 59.6 Å². The third-order valence-corrected chi connectivity index (χ3v) is 13.3. The molecule has 1 saturated heterocycles. The Morgan fingerprint density at radius 1 is 0.600 bits per heavy atom. The van der Waals surface area contributed by atoms with Gasteiger partial charge < -0.3 is 62.0 Å². The Labute approximate surface area is 466 Å². The third-order valence-electron chi connectivity index (χ3n) is 13.3. The van der Waals surface area contributed by atoms with Crippen LogP contribution in [0.3, 0.4) is 0 Å². The van der Waals surface area contributed by atoms with Gasteiger partial charge in [0.1, 0.15) is 23.9 Å². The first-order valence-electron chi connectivity index (χ1n) is 25.1. The zero-order valence-corrected chi connectivity index (χ0v) is 46.3. The Hall–Kier alpha value is -5.32. The molecule has 1 aliphatic carbocycles. The Bertz CT molecular complexity index is 2080. The fourth-order valence-electron chi connectivity index (χ4n) is 9.16. The van der Waals surface area contributed by atoms with Gasteiger partial charge in [-0.1, -0.05) is 12.1 Å². The van der Waals surface area contributed by atoms with E-state index in [2.05, 4.69) is 26.6 Å². The fourth-order valence-corrected chi connectivity index (χ4v) is 9.16. The molecule has 1 aromatic carbocycles. The number of urea groups is 1. The topological polar surface area (TPSA) is 374 Å². The summed E-state index contributed by atoms with van der Waals surface area (Å²) in [5.41, 5.74) is 1.80. The second kappa shape index (κ2) is 33.7. The molecule has 3 atom stereocenters. The number of hydrogen-bond acceptors (Lipinski definition) is 15. The van der Waals surface area contributed by atoms with Gasteiger partial charge in [-0.3, -0.25) is 53.2 Å². The van der Waals surface area contributed by atoms with Crippen molar-refractivity contribution in [3.8, 4) is 5.75 Å². The van der Waals surface area contributed by atoms with E-state index in [1.165, 1.54) is 0 Å². The molecule has 26 nitrogen and oxygen atoms in total. The smallest absolute Gasteiger partial charge is 0.326 e. The van der Waals surface area contributed by atoms with Crippen LogP contribution in [0.1, 0.15) is 75.3 Å². The first-order valence-corrected chi connectivity index (χ1v) is 25.1. The Balaban J connectivity index is 0.0000148. The van der Waals surface area contributed by atoms with Crippen LogP contribution >= 0.6 is 0 Å². The molecule has 1 aromatic rings. The van der Waals surface area contributed by atoms with Gasteiger partial charge in [0.2, 0.25) is 17.7 Å². The average Bonchev–Trinajstić information content (AvgIpc) is 3.34. The molecule has 416 valence electrons. The van der Waals surface area contributed by atoms with E-state index >= 15 is 0 Å². The van der Waals surface area contributed by atoms with E-state index in [1.54, 1.807) is 14.7 Å². The number of aliphatic carboxylic acids is 6. The minimum absolute atomic E-state index is 0. The molecule has 11 N–H and O–H groups in total. The molecule has 0 aromatic heterocycles. The molecule has 75 heavy (non-hydrogen) atoms. The first-order chi connectivity index (χ1) is 35.2. The molecule has 2 fully saturated rings. The Kier molecular flexibility index (Phi) is 28.7. The molecule has 4 rings (SSSR count). The van der Waals surface area contributed by atoms with Crippen LogP contribution < -0.4 is 31.3 Å². The normalized spacial score (nSPS) is 19.3. The van der Waals surface area contributed by atoms with Crippen molar-refractivity contribution in [1.29, 1.82) is 0 Å². The fraction of sp³-hybridized carbons (Fsp3) is 0.667. The van der Waals surface area contributed by atoms with Gasteiger partial charge in [-0.25, -0.2) is 14.4 Å². The van der Waals surface area contributed by atoms with Gasteiger partial charge in [0.05, 0.1) is 32.8 Å². The molecule has 3 aliphatic rings. The summed E-state index contributed by atoms with van der Waals surface area (Å²) in [6.45, 7) is 2.33. The number of ether oxygens (including phenoxy) is 1. The number of nitrogens with zero attached hydrogens (tertiary/aromatic N) is 4. The maximum atomic E-state index is 13.8. The van der Waals surface area contributed by atoms with Crippen molar-refractivity contribution < 1.29 is 123 Å². The molecule has 0 bridgehead atoms. The van der Waals surface area contributed by atoms with E-state index in [9.17, 15) is 73.5 Å². The standard InChI is InChI=1S/C48H73N9O17.Th/c58-39(27-54-15-17-55(28-41(61)62)19-21-57(30-43(65)66)22-20-56(18-16-54)29-42(63)64)50-26-31-6-9-33(10-7-31)44(67)51-37(25-32-8-12-38-34(24-32)4-3-23-74-38)45(68)49-14-2-1-5-35(46(69)70)52-48(73)53-36(47(71)72)11-13-40(59)60;/h8,12,24,31,33,35-37H,1-7,9-11,13-23,25-30H2,(H,49,68)(H,50,58)(H,51,67)(H,59,60)(H,61,62)(H,63,64)(H,65,66)(H,69,70)(H,71,72)(H2,52,53,73);/t31?,33?,35-,36-,37+;/m0./s1/i;1-5. The summed E-state index contributed by atoms with van der Waals surface area (Å²) in [4.78, 5) is 129. The Morgan fingerprint density at radius 2 is 1.12 bits per heavy atom. The number of carbonyl (C=O) groups excluding carboxylic acids is 4. The van der Waals surface area contributed by atoms with Crippen molar-refractivity contribution in [1.82, 2.24) is 46.2 Å². The molecule has 0 radical (unpaired) electrons. The van der Waals surface area contributed by atoms with E-state index in [0.717, 1.165) is 29.7 Å². The van der Waals surface area contributed by atoms with Crippen LogP contribution in [0.15, 0.2) is 18.2 Å². The van der Waals surface area contributed by atoms with Crippen LogP contribution in [-0.4, -0.2) is 226 Å². The predicted molar refractivity (Wildman–Crippen MR) is 261 cm³/mol.